The van der Waals surface area contributed by atoms with Gasteiger partial charge < -0.3 is 19.7 Å². The molecule has 3 rings (SSSR count). The van der Waals surface area contributed by atoms with E-state index in [4.69, 9.17) is 9.47 Å². The number of rotatable bonds is 8. The fourth-order valence-electron chi connectivity index (χ4n) is 3.42. The molecule has 6 nitrogen and oxygen atoms in total. The first kappa shape index (κ1) is 19.7. The second-order valence-corrected chi connectivity index (χ2v) is 6.87. The largest absolute Gasteiger partial charge is 0.497 e. The van der Waals surface area contributed by atoms with E-state index < -0.39 is 0 Å². The Bertz CT molecular complexity index is 823. The molecule has 0 aliphatic carbocycles. The van der Waals surface area contributed by atoms with E-state index in [1.54, 1.807) is 19.1 Å². The minimum atomic E-state index is -0.320. The number of nitrogens with zero attached hydrogens (tertiary/aromatic N) is 1. The molecule has 0 radical (unpaired) electrons. The third-order valence-corrected chi connectivity index (χ3v) is 5.04. The maximum atomic E-state index is 12.6. The number of carbonyl (C=O) groups excluding carboxylic acids is 2. The summed E-state index contributed by atoms with van der Waals surface area (Å²) in [6.45, 7) is 1.43. The maximum Gasteiger partial charge on any atom is 0.225 e. The summed E-state index contributed by atoms with van der Waals surface area (Å²) in [5, 5.41) is 2.93. The van der Waals surface area contributed by atoms with Gasteiger partial charge in [0.2, 0.25) is 11.8 Å². The second kappa shape index (κ2) is 9.26. The third kappa shape index (κ3) is 4.82. The van der Waals surface area contributed by atoms with Crippen LogP contribution in [0.5, 0.6) is 11.5 Å². The first-order valence-electron chi connectivity index (χ1n) is 9.41. The van der Waals surface area contributed by atoms with Crippen LogP contribution in [0.4, 0.5) is 0 Å². The Labute approximate surface area is 165 Å². The molecule has 1 fully saturated rings. The molecule has 1 aliphatic rings. The Morgan fingerprint density at radius 2 is 1.93 bits per heavy atom. The fraction of sp³-hybridized carbons (Fsp3) is 0.364. The van der Waals surface area contributed by atoms with Crippen molar-refractivity contribution in [1.29, 1.82) is 0 Å². The first-order valence-corrected chi connectivity index (χ1v) is 9.41. The van der Waals surface area contributed by atoms with Crippen LogP contribution in [0.3, 0.4) is 0 Å². The van der Waals surface area contributed by atoms with E-state index in [1.165, 1.54) is 5.56 Å². The molecule has 1 atom stereocenters. The summed E-state index contributed by atoms with van der Waals surface area (Å²) in [4.78, 5) is 26.6. The van der Waals surface area contributed by atoms with E-state index in [-0.39, 0.29) is 24.2 Å². The second-order valence-electron chi connectivity index (χ2n) is 6.87. The lowest BCUT2D eigenvalue weighted by molar-refractivity contribution is -0.129. The first-order chi connectivity index (χ1) is 13.6. The predicted octanol–water partition coefficient (Wildman–Crippen LogP) is 2.41. The van der Waals surface area contributed by atoms with Crippen molar-refractivity contribution in [3.8, 4) is 11.5 Å². The van der Waals surface area contributed by atoms with Gasteiger partial charge in [0, 0.05) is 31.6 Å². The summed E-state index contributed by atoms with van der Waals surface area (Å²) in [5.74, 6) is 0.997. The van der Waals surface area contributed by atoms with Gasteiger partial charge in [-0.15, -0.1) is 0 Å². The molecule has 1 N–H and O–H groups in total. The molecular formula is C22H26N2O4. The summed E-state index contributed by atoms with van der Waals surface area (Å²) < 4.78 is 10.6. The Morgan fingerprint density at radius 1 is 1.14 bits per heavy atom. The van der Waals surface area contributed by atoms with Crippen LogP contribution in [0.15, 0.2) is 48.5 Å². The minimum absolute atomic E-state index is 0.0371. The number of methoxy groups -OCH3 is 2. The van der Waals surface area contributed by atoms with E-state index in [0.29, 0.717) is 31.1 Å². The van der Waals surface area contributed by atoms with Crippen molar-refractivity contribution < 1.29 is 19.1 Å². The smallest absolute Gasteiger partial charge is 0.225 e. The zero-order valence-corrected chi connectivity index (χ0v) is 16.3. The Hall–Kier alpha value is -3.02. The predicted molar refractivity (Wildman–Crippen MR) is 106 cm³/mol. The Kier molecular flexibility index (Phi) is 6.53. The van der Waals surface area contributed by atoms with Crippen LogP contribution in [0.1, 0.15) is 17.5 Å². The summed E-state index contributed by atoms with van der Waals surface area (Å²) >= 11 is 0. The van der Waals surface area contributed by atoms with Gasteiger partial charge in [-0.3, -0.25) is 9.59 Å². The molecule has 2 aromatic rings. The number of hydrogen-bond acceptors (Lipinski definition) is 4. The highest BCUT2D eigenvalue weighted by Gasteiger charge is 2.33. The molecule has 0 aromatic heterocycles. The average Bonchev–Trinajstić information content (AvgIpc) is 3.11. The van der Waals surface area contributed by atoms with Crippen LogP contribution in [0, 0.1) is 5.92 Å². The fourth-order valence-corrected chi connectivity index (χ4v) is 3.42. The third-order valence-electron chi connectivity index (χ3n) is 5.04. The number of amides is 2. The molecule has 6 heteroatoms. The zero-order valence-electron chi connectivity index (χ0n) is 16.3. The van der Waals surface area contributed by atoms with Gasteiger partial charge in [-0.05, 0) is 30.2 Å². The highest BCUT2D eigenvalue weighted by atomic mass is 16.5. The van der Waals surface area contributed by atoms with Crippen molar-refractivity contribution in [1.82, 2.24) is 10.2 Å². The summed E-state index contributed by atoms with van der Waals surface area (Å²) in [7, 11) is 3.19. The van der Waals surface area contributed by atoms with E-state index in [9.17, 15) is 9.59 Å². The summed E-state index contributed by atoms with van der Waals surface area (Å²) in [5.41, 5.74) is 2.02. The van der Waals surface area contributed by atoms with Crippen LogP contribution >= 0.6 is 0 Å². The molecule has 2 aromatic carbocycles. The Balaban J connectivity index is 1.53. The van der Waals surface area contributed by atoms with Gasteiger partial charge in [0.1, 0.15) is 11.5 Å². The highest BCUT2D eigenvalue weighted by Crippen LogP contribution is 2.24. The Morgan fingerprint density at radius 3 is 2.64 bits per heavy atom. The van der Waals surface area contributed by atoms with Crippen molar-refractivity contribution in [3.63, 3.8) is 0 Å². The van der Waals surface area contributed by atoms with Gasteiger partial charge in [0.25, 0.3) is 0 Å². The number of hydrogen-bond donors (Lipinski definition) is 1. The monoisotopic (exact) mass is 382 g/mol. The molecule has 0 saturated carbocycles. The molecule has 2 amide bonds. The normalized spacial score (nSPS) is 16.1. The van der Waals surface area contributed by atoms with Gasteiger partial charge in [0.05, 0.1) is 20.1 Å². The molecule has 0 spiro atoms. The number of benzene rings is 2. The lowest BCUT2D eigenvalue weighted by Crippen LogP contribution is -2.33. The number of carbonyl (C=O) groups is 2. The average molecular weight is 382 g/mol. The molecule has 1 saturated heterocycles. The van der Waals surface area contributed by atoms with Crippen LogP contribution in [-0.2, 0) is 22.6 Å². The SMILES string of the molecule is COc1ccc(OC)c(CNC(=O)[C@H]2CC(=O)N(CCc3ccccc3)C2)c1. The van der Waals surface area contributed by atoms with Crippen molar-refractivity contribution in [2.45, 2.75) is 19.4 Å². The van der Waals surface area contributed by atoms with Gasteiger partial charge in [0.15, 0.2) is 0 Å². The van der Waals surface area contributed by atoms with Crippen LogP contribution in [0.2, 0.25) is 0 Å². The summed E-state index contributed by atoms with van der Waals surface area (Å²) in [6.07, 6.45) is 1.05. The lowest BCUT2D eigenvalue weighted by Gasteiger charge is -2.17. The maximum absolute atomic E-state index is 12.6. The standard InChI is InChI=1S/C22H26N2O4/c1-27-19-8-9-20(28-2)17(12-19)14-23-22(26)18-13-21(25)24(15-18)11-10-16-6-4-3-5-7-16/h3-9,12,18H,10-11,13-15H2,1-2H3,(H,23,26)/t18-/m0/s1. The minimum Gasteiger partial charge on any atom is -0.497 e. The lowest BCUT2D eigenvalue weighted by atomic mass is 10.1. The van der Waals surface area contributed by atoms with Crippen molar-refractivity contribution in [3.05, 3.63) is 59.7 Å². The number of ether oxygens (including phenoxy) is 2. The molecule has 1 heterocycles. The molecular weight excluding hydrogens is 356 g/mol. The van der Waals surface area contributed by atoms with Gasteiger partial charge >= 0.3 is 0 Å². The molecule has 0 unspecified atom stereocenters. The molecule has 28 heavy (non-hydrogen) atoms. The van der Waals surface area contributed by atoms with E-state index in [0.717, 1.165) is 12.0 Å². The van der Waals surface area contributed by atoms with Crippen LogP contribution < -0.4 is 14.8 Å². The molecule has 148 valence electrons. The van der Waals surface area contributed by atoms with E-state index in [2.05, 4.69) is 5.32 Å². The number of nitrogens with one attached hydrogen (secondary N) is 1. The zero-order chi connectivity index (χ0) is 19.9. The van der Waals surface area contributed by atoms with E-state index in [1.807, 2.05) is 48.5 Å². The van der Waals surface area contributed by atoms with Crippen LogP contribution in [0.25, 0.3) is 0 Å². The van der Waals surface area contributed by atoms with Crippen molar-refractivity contribution in [2.24, 2.45) is 5.92 Å². The molecule has 0 bridgehead atoms. The quantitative estimate of drug-likeness (QED) is 0.761. The van der Waals surface area contributed by atoms with Gasteiger partial charge in [-0.2, -0.15) is 0 Å². The van der Waals surface area contributed by atoms with Crippen molar-refractivity contribution in [2.75, 3.05) is 27.3 Å². The number of likely N-dealkylation sites (tertiary alicyclic amines) is 1. The summed E-state index contributed by atoms with van der Waals surface area (Å²) in [6, 6.07) is 15.5. The van der Waals surface area contributed by atoms with Gasteiger partial charge in [-0.1, -0.05) is 30.3 Å². The van der Waals surface area contributed by atoms with Crippen molar-refractivity contribution >= 4 is 11.8 Å². The van der Waals surface area contributed by atoms with Crippen LogP contribution in [-0.4, -0.2) is 44.0 Å². The topological polar surface area (TPSA) is 67.9 Å². The highest BCUT2D eigenvalue weighted by molar-refractivity contribution is 5.89. The molecule has 1 aliphatic heterocycles. The van der Waals surface area contributed by atoms with E-state index >= 15 is 0 Å². The van der Waals surface area contributed by atoms with Gasteiger partial charge in [-0.25, -0.2) is 0 Å².